The Kier molecular flexibility index (Phi) is 4.72. The highest BCUT2D eigenvalue weighted by atomic mass is 19.1. The Morgan fingerprint density at radius 1 is 0.839 bits per heavy atom. The largest absolute Gasteiger partial charge is 0.402 e. The molecule has 1 aromatic heterocycles. The standard InChI is InChI=1S/C25H16FN3O2/c26-20-13-11-17(12-14-20)23-19(16-29(28-23)21-9-5-2-6-10-21)15-22-25(30)31-24(27-22)18-7-3-1-4-8-18/h1-16H. The minimum Gasteiger partial charge on any atom is -0.402 e. The fourth-order valence-electron chi connectivity index (χ4n) is 3.30. The number of ether oxygens (including phenoxy) is 1. The van der Waals surface area contributed by atoms with E-state index in [0.717, 1.165) is 16.8 Å². The SMILES string of the molecule is O=C1OC(c2ccccc2)=NC1=Cc1cn(-c2ccccc2)nc1-c1ccc(F)cc1. The molecule has 5 rings (SSSR count). The average molecular weight is 409 g/mol. The molecule has 0 amide bonds. The Morgan fingerprint density at radius 3 is 2.23 bits per heavy atom. The van der Waals surface area contributed by atoms with Crippen LogP contribution in [0.3, 0.4) is 0 Å². The van der Waals surface area contributed by atoms with Crippen molar-refractivity contribution in [2.45, 2.75) is 0 Å². The van der Waals surface area contributed by atoms with Crippen molar-refractivity contribution < 1.29 is 13.9 Å². The lowest BCUT2D eigenvalue weighted by Crippen LogP contribution is -2.04. The molecule has 150 valence electrons. The molecule has 4 aromatic rings. The summed E-state index contributed by atoms with van der Waals surface area (Å²) >= 11 is 0. The maximum Gasteiger partial charge on any atom is 0.363 e. The van der Waals surface area contributed by atoms with E-state index < -0.39 is 5.97 Å². The number of cyclic esters (lactones) is 1. The van der Waals surface area contributed by atoms with Gasteiger partial charge in [-0.3, -0.25) is 0 Å². The summed E-state index contributed by atoms with van der Waals surface area (Å²) in [4.78, 5) is 16.8. The van der Waals surface area contributed by atoms with Crippen molar-refractivity contribution in [1.29, 1.82) is 0 Å². The van der Waals surface area contributed by atoms with Gasteiger partial charge in [0.1, 0.15) is 11.5 Å². The van der Waals surface area contributed by atoms with Crippen LogP contribution in [0.5, 0.6) is 0 Å². The summed E-state index contributed by atoms with van der Waals surface area (Å²) in [6.45, 7) is 0. The number of nitrogens with zero attached hydrogens (tertiary/aromatic N) is 3. The molecule has 0 atom stereocenters. The van der Waals surface area contributed by atoms with E-state index in [0.29, 0.717) is 11.3 Å². The Balaban J connectivity index is 1.61. The minimum atomic E-state index is -0.531. The molecule has 0 aliphatic carbocycles. The summed E-state index contributed by atoms with van der Waals surface area (Å²) in [5.74, 6) is -0.602. The van der Waals surface area contributed by atoms with Crippen LogP contribution in [-0.2, 0) is 9.53 Å². The number of hydrogen-bond donors (Lipinski definition) is 0. The zero-order valence-electron chi connectivity index (χ0n) is 16.3. The molecule has 6 heteroatoms. The Labute approximate surface area is 177 Å². The van der Waals surface area contributed by atoms with Crippen LogP contribution in [0, 0.1) is 5.82 Å². The molecule has 1 aliphatic rings. The number of aromatic nitrogens is 2. The van der Waals surface area contributed by atoms with Crippen LogP contribution in [0.15, 0.2) is 102 Å². The Hall–Kier alpha value is -4.32. The number of rotatable bonds is 4. The van der Waals surface area contributed by atoms with Gasteiger partial charge in [-0.15, -0.1) is 0 Å². The zero-order chi connectivity index (χ0) is 21.2. The molecule has 1 aliphatic heterocycles. The minimum absolute atomic E-state index is 0.176. The topological polar surface area (TPSA) is 56.5 Å². The number of carbonyl (C=O) groups is 1. The summed E-state index contributed by atoms with van der Waals surface area (Å²) in [7, 11) is 0. The van der Waals surface area contributed by atoms with Crippen molar-refractivity contribution >= 4 is 17.9 Å². The highest BCUT2D eigenvalue weighted by molar-refractivity contribution is 6.13. The van der Waals surface area contributed by atoms with E-state index in [1.807, 2.05) is 66.9 Å². The van der Waals surface area contributed by atoms with Crippen LogP contribution in [0.25, 0.3) is 23.0 Å². The van der Waals surface area contributed by atoms with Crippen molar-refractivity contribution in [2.24, 2.45) is 4.99 Å². The number of benzene rings is 3. The van der Waals surface area contributed by atoms with Gasteiger partial charge in [0.25, 0.3) is 0 Å². The quantitative estimate of drug-likeness (QED) is 0.351. The number of hydrogen-bond acceptors (Lipinski definition) is 4. The number of para-hydroxylation sites is 1. The van der Waals surface area contributed by atoms with Gasteiger partial charge >= 0.3 is 5.97 Å². The molecule has 0 bridgehead atoms. The van der Waals surface area contributed by atoms with E-state index in [9.17, 15) is 9.18 Å². The van der Waals surface area contributed by atoms with Crippen LogP contribution in [0.4, 0.5) is 4.39 Å². The third-order valence-electron chi connectivity index (χ3n) is 4.81. The van der Waals surface area contributed by atoms with Gasteiger partial charge in [0, 0.05) is 22.9 Å². The van der Waals surface area contributed by atoms with E-state index in [4.69, 9.17) is 4.74 Å². The average Bonchev–Trinajstić information content (AvgIpc) is 3.40. The normalized spacial score (nSPS) is 14.5. The molecule has 31 heavy (non-hydrogen) atoms. The second-order valence-corrected chi connectivity index (χ2v) is 6.92. The van der Waals surface area contributed by atoms with Crippen molar-refractivity contribution in [1.82, 2.24) is 9.78 Å². The van der Waals surface area contributed by atoms with Crippen molar-refractivity contribution in [3.8, 4) is 16.9 Å². The Morgan fingerprint density at radius 2 is 1.52 bits per heavy atom. The van der Waals surface area contributed by atoms with Gasteiger partial charge in [-0.25, -0.2) is 18.9 Å². The third-order valence-corrected chi connectivity index (χ3v) is 4.81. The second-order valence-electron chi connectivity index (χ2n) is 6.92. The fourth-order valence-corrected chi connectivity index (χ4v) is 3.30. The van der Waals surface area contributed by atoms with Crippen LogP contribution in [0.1, 0.15) is 11.1 Å². The van der Waals surface area contributed by atoms with Crippen molar-refractivity contribution in [2.75, 3.05) is 0 Å². The van der Waals surface area contributed by atoms with Crippen LogP contribution < -0.4 is 0 Å². The lowest BCUT2D eigenvalue weighted by atomic mass is 10.1. The summed E-state index contributed by atoms with van der Waals surface area (Å²) in [6.07, 6.45) is 3.45. The molecule has 3 aromatic carbocycles. The number of esters is 1. The molecule has 0 unspecified atom stereocenters. The number of carbonyl (C=O) groups excluding carboxylic acids is 1. The van der Waals surface area contributed by atoms with Gasteiger partial charge in [0.05, 0.1) is 5.69 Å². The summed E-state index contributed by atoms with van der Waals surface area (Å²) in [5, 5.41) is 4.67. The van der Waals surface area contributed by atoms with Crippen LogP contribution in [0.2, 0.25) is 0 Å². The lowest BCUT2D eigenvalue weighted by molar-refractivity contribution is -0.129. The predicted molar refractivity (Wildman–Crippen MR) is 116 cm³/mol. The number of halogens is 1. The molecule has 5 nitrogen and oxygen atoms in total. The first-order chi connectivity index (χ1) is 15.2. The fraction of sp³-hybridized carbons (Fsp3) is 0. The predicted octanol–water partition coefficient (Wildman–Crippen LogP) is 5.02. The summed E-state index contributed by atoms with van der Waals surface area (Å²) < 4.78 is 20.5. The highest BCUT2D eigenvalue weighted by Crippen LogP contribution is 2.28. The molecule has 0 saturated heterocycles. The maximum absolute atomic E-state index is 13.4. The van der Waals surface area contributed by atoms with Gasteiger partial charge < -0.3 is 4.74 Å². The van der Waals surface area contributed by atoms with E-state index in [2.05, 4.69) is 10.1 Å². The lowest BCUT2D eigenvalue weighted by Gasteiger charge is -2.00. The van der Waals surface area contributed by atoms with Gasteiger partial charge in [0.2, 0.25) is 5.90 Å². The van der Waals surface area contributed by atoms with Gasteiger partial charge in [-0.05, 0) is 54.6 Å². The molecular formula is C25H16FN3O2. The van der Waals surface area contributed by atoms with E-state index in [1.54, 1.807) is 22.9 Å². The monoisotopic (exact) mass is 409 g/mol. The zero-order valence-corrected chi connectivity index (χ0v) is 16.3. The van der Waals surface area contributed by atoms with E-state index in [1.165, 1.54) is 12.1 Å². The molecule has 0 N–H and O–H groups in total. The van der Waals surface area contributed by atoms with Crippen molar-refractivity contribution in [3.05, 3.63) is 114 Å². The molecule has 0 fully saturated rings. The van der Waals surface area contributed by atoms with Gasteiger partial charge in [-0.1, -0.05) is 36.4 Å². The van der Waals surface area contributed by atoms with Crippen LogP contribution >= 0.6 is 0 Å². The first kappa shape index (κ1) is 18.7. The number of aliphatic imine (C=N–C) groups is 1. The maximum atomic E-state index is 13.4. The molecule has 0 spiro atoms. The van der Waals surface area contributed by atoms with Gasteiger partial charge in [0.15, 0.2) is 5.70 Å². The van der Waals surface area contributed by atoms with Crippen molar-refractivity contribution in [3.63, 3.8) is 0 Å². The van der Waals surface area contributed by atoms with Gasteiger partial charge in [-0.2, -0.15) is 5.10 Å². The molecule has 2 heterocycles. The summed E-state index contributed by atoms with van der Waals surface area (Å²) in [5.41, 5.74) is 3.75. The third kappa shape index (κ3) is 3.79. The van der Waals surface area contributed by atoms with E-state index >= 15 is 0 Å². The molecule has 0 radical (unpaired) electrons. The summed E-state index contributed by atoms with van der Waals surface area (Å²) in [6, 6.07) is 24.9. The van der Waals surface area contributed by atoms with E-state index in [-0.39, 0.29) is 17.4 Å². The highest BCUT2D eigenvalue weighted by Gasteiger charge is 2.25. The second kappa shape index (κ2) is 7.84. The first-order valence-electron chi connectivity index (χ1n) is 9.66. The molecular weight excluding hydrogens is 393 g/mol. The first-order valence-corrected chi connectivity index (χ1v) is 9.66. The van der Waals surface area contributed by atoms with Crippen LogP contribution in [-0.4, -0.2) is 21.6 Å². The smallest absolute Gasteiger partial charge is 0.363 e. The Bertz CT molecular complexity index is 1310. The molecule has 0 saturated carbocycles.